The second-order valence-electron chi connectivity index (χ2n) is 8.27. The molecule has 0 saturated carbocycles. The number of phenols is 1. The number of imidazole rings is 1. The highest BCUT2D eigenvalue weighted by atomic mass is 16.5. The van der Waals surface area contributed by atoms with Gasteiger partial charge in [0.25, 0.3) is 11.7 Å². The van der Waals surface area contributed by atoms with Gasteiger partial charge in [-0.25, -0.2) is 4.98 Å². The molecule has 188 valence electrons. The van der Waals surface area contributed by atoms with E-state index in [0.717, 1.165) is 0 Å². The summed E-state index contributed by atoms with van der Waals surface area (Å²) >= 11 is 0. The maximum absolute atomic E-state index is 13.3. The molecule has 2 N–H and O–H groups in total. The number of aromatic nitrogens is 2. The molecule has 0 aliphatic carbocycles. The number of nitrogens with zero attached hydrogens (tertiary/aromatic N) is 3. The maximum Gasteiger partial charge on any atom is 0.295 e. The first kappa shape index (κ1) is 24.8. The van der Waals surface area contributed by atoms with E-state index < -0.39 is 17.7 Å². The molecule has 4 rings (SSSR count). The van der Waals surface area contributed by atoms with Gasteiger partial charge >= 0.3 is 0 Å². The Bertz CT molecular complexity index is 1270. The van der Waals surface area contributed by atoms with E-state index in [1.54, 1.807) is 55.8 Å². The molecule has 0 spiro atoms. The van der Waals surface area contributed by atoms with Crippen molar-refractivity contribution in [1.29, 1.82) is 0 Å². The van der Waals surface area contributed by atoms with Crippen molar-refractivity contribution in [3.05, 3.63) is 77.9 Å². The van der Waals surface area contributed by atoms with E-state index >= 15 is 0 Å². The number of carbonyl (C=O) groups excluding carboxylic acids is 2. The molecule has 9 heteroatoms. The molecule has 1 fully saturated rings. The van der Waals surface area contributed by atoms with Gasteiger partial charge in [0.1, 0.15) is 11.5 Å². The second-order valence-corrected chi connectivity index (χ2v) is 8.27. The Morgan fingerprint density at radius 2 is 1.86 bits per heavy atom. The number of amides is 1. The van der Waals surface area contributed by atoms with Crippen LogP contribution in [0.15, 0.2) is 66.8 Å². The van der Waals surface area contributed by atoms with E-state index in [1.807, 2.05) is 17.7 Å². The molecule has 1 amide bonds. The van der Waals surface area contributed by atoms with E-state index in [1.165, 1.54) is 11.0 Å². The summed E-state index contributed by atoms with van der Waals surface area (Å²) in [6.45, 7) is 5.29. The smallest absolute Gasteiger partial charge is 0.295 e. The highest BCUT2D eigenvalue weighted by Crippen LogP contribution is 2.42. The molecule has 36 heavy (non-hydrogen) atoms. The number of rotatable bonds is 10. The lowest BCUT2D eigenvalue weighted by Crippen LogP contribution is -2.31. The summed E-state index contributed by atoms with van der Waals surface area (Å²) in [5.41, 5.74) is 0.885. The van der Waals surface area contributed by atoms with Gasteiger partial charge in [-0.3, -0.25) is 9.59 Å². The summed E-state index contributed by atoms with van der Waals surface area (Å²) in [4.78, 5) is 31.9. The van der Waals surface area contributed by atoms with Crippen LogP contribution < -0.4 is 9.47 Å². The van der Waals surface area contributed by atoms with E-state index in [9.17, 15) is 19.8 Å². The van der Waals surface area contributed by atoms with Gasteiger partial charge in [0.15, 0.2) is 11.5 Å². The van der Waals surface area contributed by atoms with Gasteiger partial charge in [-0.05, 0) is 50.1 Å². The number of carbonyl (C=O) groups is 2. The molecule has 1 aliphatic rings. The Hall–Kier alpha value is -4.27. The van der Waals surface area contributed by atoms with E-state index in [0.29, 0.717) is 43.1 Å². The van der Waals surface area contributed by atoms with Gasteiger partial charge < -0.3 is 29.2 Å². The first-order chi connectivity index (χ1) is 17.4. The van der Waals surface area contributed by atoms with Crippen LogP contribution in [0.3, 0.4) is 0 Å². The number of aryl methyl sites for hydroxylation is 1. The molecule has 0 radical (unpaired) electrons. The zero-order valence-electron chi connectivity index (χ0n) is 20.3. The monoisotopic (exact) mass is 491 g/mol. The lowest BCUT2D eigenvalue weighted by atomic mass is 9.95. The fourth-order valence-electron chi connectivity index (χ4n) is 4.33. The minimum absolute atomic E-state index is 0.0237. The molecule has 2 aromatic carbocycles. The summed E-state index contributed by atoms with van der Waals surface area (Å²) in [6, 6.07) is 10.6. The molecule has 3 aromatic rings. The molecule has 9 nitrogen and oxygen atoms in total. The van der Waals surface area contributed by atoms with Crippen molar-refractivity contribution < 1.29 is 29.3 Å². The van der Waals surface area contributed by atoms with Gasteiger partial charge in [0, 0.05) is 31.0 Å². The number of ketones is 1. The van der Waals surface area contributed by atoms with Crippen LogP contribution in [0.1, 0.15) is 37.4 Å². The molecular weight excluding hydrogens is 462 g/mol. The van der Waals surface area contributed by atoms with E-state index in [4.69, 9.17) is 9.47 Å². The van der Waals surface area contributed by atoms with Crippen molar-refractivity contribution in [2.24, 2.45) is 0 Å². The van der Waals surface area contributed by atoms with Crippen molar-refractivity contribution >= 4 is 17.4 Å². The first-order valence-corrected chi connectivity index (χ1v) is 11.9. The number of likely N-dealkylation sites (tertiary alicyclic amines) is 1. The highest BCUT2D eigenvalue weighted by Gasteiger charge is 2.46. The quantitative estimate of drug-likeness (QED) is 0.251. The molecule has 1 aliphatic heterocycles. The molecule has 1 saturated heterocycles. The molecule has 0 bridgehead atoms. The summed E-state index contributed by atoms with van der Waals surface area (Å²) in [7, 11) is 0. The molecule has 1 atom stereocenters. The van der Waals surface area contributed by atoms with Crippen LogP contribution in [0.2, 0.25) is 0 Å². The van der Waals surface area contributed by atoms with Gasteiger partial charge in [0.2, 0.25) is 0 Å². The molecule has 1 unspecified atom stereocenters. The lowest BCUT2D eigenvalue weighted by Gasteiger charge is -2.26. The molecule has 1 aromatic heterocycles. The Labute approximate surface area is 209 Å². The predicted molar refractivity (Wildman–Crippen MR) is 133 cm³/mol. The van der Waals surface area contributed by atoms with Crippen LogP contribution in [0, 0.1) is 0 Å². The number of aliphatic hydroxyl groups is 1. The SMILES string of the molecule is CCOc1cccc(/C(O)=C2\C(=O)C(=O)N(CCCn3ccnc3)C2c2ccc(O)c(OCC)c2)c1. The fraction of sp³-hybridized carbons (Fsp3) is 0.296. The first-order valence-electron chi connectivity index (χ1n) is 11.9. The zero-order valence-corrected chi connectivity index (χ0v) is 20.3. The normalized spacial score (nSPS) is 16.9. The van der Waals surface area contributed by atoms with E-state index in [-0.39, 0.29) is 29.4 Å². The van der Waals surface area contributed by atoms with Crippen molar-refractivity contribution in [3.8, 4) is 17.2 Å². The third-order valence-electron chi connectivity index (χ3n) is 5.93. The van der Waals surface area contributed by atoms with Crippen LogP contribution in [-0.4, -0.2) is 56.1 Å². The second kappa shape index (κ2) is 11.0. The Kier molecular flexibility index (Phi) is 7.58. The summed E-state index contributed by atoms with van der Waals surface area (Å²) in [5.74, 6) is -1.04. The minimum atomic E-state index is -0.858. The number of hydrogen-bond acceptors (Lipinski definition) is 7. The van der Waals surface area contributed by atoms with Gasteiger partial charge in [0.05, 0.1) is 31.2 Å². The van der Waals surface area contributed by atoms with Crippen molar-refractivity contribution in [1.82, 2.24) is 14.5 Å². The van der Waals surface area contributed by atoms with Crippen molar-refractivity contribution in [2.75, 3.05) is 19.8 Å². The van der Waals surface area contributed by atoms with Crippen LogP contribution in [-0.2, 0) is 16.1 Å². The van der Waals surface area contributed by atoms with Crippen LogP contribution >= 0.6 is 0 Å². The maximum atomic E-state index is 13.3. The van der Waals surface area contributed by atoms with E-state index in [2.05, 4.69) is 4.98 Å². The third kappa shape index (κ3) is 5.05. The van der Waals surface area contributed by atoms with Gasteiger partial charge in [-0.15, -0.1) is 0 Å². The number of aromatic hydroxyl groups is 1. The number of aliphatic hydroxyl groups excluding tert-OH is 1. The van der Waals surface area contributed by atoms with Crippen LogP contribution in [0.4, 0.5) is 0 Å². The molecular formula is C27H29N3O6. The van der Waals surface area contributed by atoms with Gasteiger partial charge in [-0.2, -0.15) is 0 Å². The van der Waals surface area contributed by atoms with Crippen molar-refractivity contribution in [2.45, 2.75) is 32.9 Å². The fourth-order valence-corrected chi connectivity index (χ4v) is 4.33. The highest BCUT2D eigenvalue weighted by molar-refractivity contribution is 6.46. The molecule has 2 heterocycles. The summed E-state index contributed by atoms with van der Waals surface area (Å²) < 4.78 is 13.0. The summed E-state index contributed by atoms with van der Waals surface area (Å²) in [5, 5.41) is 21.5. The predicted octanol–water partition coefficient (Wildman–Crippen LogP) is 3.90. The Morgan fingerprint density at radius 3 is 2.58 bits per heavy atom. The Morgan fingerprint density at radius 1 is 1.06 bits per heavy atom. The standard InChI is InChI=1S/C27H29N3O6/c1-3-35-20-8-5-7-19(15-20)25(32)23-24(18-9-10-21(31)22(16-18)36-4-2)30(27(34)26(23)33)13-6-12-29-14-11-28-17-29/h5,7-11,14-17,24,31-32H,3-4,6,12-13H2,1-2H3/b25-23+. The van der Waals surface area contributed by atoms with Crippen LogP contribution in [0.5, 0.6) is 17.2 Å². The lowest BCUT2D eigenvalue weighted by molar-refractivity contribution is -0.139. The third-order valence-corrected chi connectivity index (χ3v) is 5.93. The number of hydrogen-bond donors (Lipinski definition) is 2. The minimum Gasteiger partial charge on any atom is -0.507 e. The number of Topliss-reactive ketones (excluding diaryl/α,β-unsaturated/α-hetero) is 1. The van der Waals surface area contributed by atoms with Crippen molar-refractivity contribution in [3.63, 3.8) is 0 Å². The Balaban J connectivity index is 1.77. The number of benzene rings is 2. The average molecular weight is 492 g/mol. The summed E-state index contributed by atoms with van der Waals surface area (Å²) in [6.07, 6.45) is 5.75. The topological polar surface area (TPSA) is 114 Å². The number of ether oxygens (including phenoxy) is 2. The van der Waals surface area contributed by atoms with Crippen LogP contribution in [0.25, 0.3) is 5.76 Å². The largest absolute Gasteiger partial charge is 0.507 e. The zero-order chi connectivity index (χ0) is 25.7. The number of phenolic OH excluding ortho intramolecular Hbond substituents is 1. The van der Waals surface area contributed by atoms with Gasteiger partial charge in [-0.1, -0.05) is 18.2 Å². The average Bonchev–Trinajstić information content (AvgIpc) is 3.48.